The van der Waals surface area contributed by atoms with E-state index in [1.165, 1.54) is 0 Å². The molecule has 0 fully saturated rings. The molecule has 0 amide bonds. The van der Waals surface area contributed by atoms with Gasteiger partial charge in [-0.05, 0) is 22.4 Å². The van der Waals surface area contributed by atoms with Gasteiger partial charge in [0.2, 0.25) is 0 Å². The number of aliphatic hydroxyl groups is 1. The summed E-state index contributed by atoms with van der Waals surface area (Å²) in [5.41, 5.74) is 0. The Morgan fingerprint density at radius 3 is 2.79 bits per heavy atom. The van der Waals surface area contributed by atoms with Gasteiger partial charge in [-0.2, -0.15) is 5.10 Å². The molecule has 1 aliphatic rings. The highest BCUT2D eigenvalue weighted by Gasteiger charge is 2.43. The van der Waals surface area contributed by atoms with Crippen LogP contribution in [0.2, 0.25) is 0 Å². The Balaban J connectivity index is 2.63. The van der Waals surface area contributed by atoms with Gasteiger partial charge in [0, 0.05) is 18.1 Å². The molecule has 1 N–H and O–H groups in total. The summed E-state index contributed by atoms with van der Waals surface area (Å²) in [5.74, 6) is 0. The lowest BCUT2D eigenvalue weighted by molar-refractivity contribution is -0.502. The number of aliphatic hydroxyl groups excluding tert-OH is 1. The number of halogens is 2. The number of rotatable bonds is 4. The van der Waals surface area contributed by atoms with Gasteiger partial charge < -0.3 is 5.11 Å². The summed E-state index contributed by atoms with van der Waals surface area (Å²) in [7, 11) is 0. The molecule has 0 aliphatic carbocycles. The van der Waals surface area contributed by atoms with Crippen LogP contribution in [0.4, 0.5) is 0 Å². The van der Waals surface area contributed by atoms with Crippen LogP contribution in [0.3, 0.4) is 0 Å². The topological polar surface area (TPSA) is 79.0 Å². The van der Waals surface area contributed by atoms with Gasteiger partial charge >= 0.3 is 0 Å². The molecule has 0 aromatic carbocycles. The summed E-state index contributed by atoms with van der Waals surface area (Å²) in [6, 6.07) is -0.867. The molecular weight excluding hydrogens is 322 g/mol. The van der Waals surface area contributed by atoms with Crippen LogP contribution in [0.15, 0.2) is 5.10 Å². The van der Waals surface area contributed by atoms with Crippen molar-refractivity contribution in [3.05, 3.63) is 10.1 Å². The zero-order valence-corrected chi connectivity index (χ0v) is 10.3. The minimum absolute atomic E-state index is 0.0481. The number of hydrogen-bond acceptors (Lipinski definition) is 5. The predicted molar refractivity (Wildman–Crippen MR) is 58.3 cm³/mol. The second kappa shape index (κ2) is 5.04. The molecule has 2 atom stereocenters. The third-order valence-corrected chi connectivity index (χ3v) is 3.39. The Kier molecular flexibility index (Phi) is 4.27. The first-order valence-electron chi connectivity index (χ1n) is 3.97. The molecule has 0 spiro atoms. The maximum absolute atomic E-state index is 10.6. The highest BCUT2D eigenvalue weighted by Crippen LogP contribution is 2.25. The number of nitrogens with zero attached hydrogens (tertiary/aromatic N) is 3. The van der Waals surface area contributed by atoms with Crippen molar-refractivity contribution in [1.82, 2.24) is 5.01 Å². The van der Waals surface area contributed by atoms with E-state index in [1.54, 1.807) is 5.01 Å². The Morgan fingerprint density at radius 1 is 1.71 bits per heavy atom. The third-order valence-electron chi connectivity index (χ3n) is 1.79. The quantitative estimate of drug-likeness (QED) is 0.357. The minimum Gasteiger partial charge on any atom is -0.396 e. The summed E-state index contributed by atoms with van der Waals surface area (Å²) in [6.07, 6.45) is 0.538. The standard InChI is InChI=1S/C6H9Br2N3O3/c7-5-4(11(13)14)6(8)10(9-5)2-1-3-12/h4,6,12H,1-3H2. The zero-order chi connectivity index (χ0) is 10.7. The van der Waals surface area contributed by atoms with Crippen molar-refractivity contribution in [2.24, 2.45) is 5.10 Å². The molecule has 6 nitrogen and oxygen atoms in total. The SMILES string of the molecule is O=[N+]([O-])C1C(Br)=NN(CCCO)C1Br. The van der Waals surface area contributed by atoms with E-state index >= 15 is 0 Å². The maximum Gasteiger partial charge on any atom is 0.294 e. The van der Waals surface area contributed by atoms with Crippen molar-refractivity contribution in [3.8, 4) is 0 Å². The Bertz CT molecular complexity index is 261. The van der Waals surface area contributed by atoms with Crippen LogP contribution in [0, 0.1) is 10.1 Å². The second-order valence-electron chi connectivity index (χ2n) is 2.77. The Labute approximate surface area is 97.4 Å². The van der Waals surface area contributed by atoms with E-state index in [2.05, 4.69) is 37.0 Å². The first kappa shape index (κ1) is 11.9. The van der Waals surface area contributed by atoms with Gasteiger partial charge in [-0.15, -0.1) is 0 Å². The highest BCUT2D eigenvalue weighted by atomic mass is 79.9. The van der Waals surface area contributed by atoms with E-state index in [0.29, 0.717) is 17.6 Å². The summed E-state index contributed by atoms with van der Waals surface area (Å²) >= 11 is 6.25. The zero-order valence-electron chi connectivity index (χ0n) is 7.14. The van der Waals surface area contributed by atoms with E-state index in [1.807, 2.05) is 0 Å². The molecule has 14 heavy (non-hydrogen) atoms. The number of alkyl halides is 1. The molecule has 0 saturated heterocycles. The lowest BCUT2D eigenvalue weighted by atomic mass is 10.3. The Hall–Kier alpha value is -0.210. The number of hydrogen-bond donors (Lipinski definition) is 1. The predicted octanol–water partition coefficient (Wildman–Crippen LogP) is 0.759. The first-order valence-corrected chi connectivity index (χ1v) is 5.68. The number of nitro groups is 1. The van der Waals surface area contributed by atoms with Gasteiger partial charge in [-0.1, -0.05) is 15.9 Å². The van der Waals surface area contributed by atoms with Crippen LogP contribution in [0.5, 0.6) is 0 Å². The van der Waals surface area contributed by atoms with Gasteiger partial charge in [0.05, 0.1) is 0 Å². The molecule has 0 bridgehead atoms. The van der Waals surface area contributed by atoms with Crippen LogP contribution < -0.4 is 0 Å². The normalized spacial score (nSPS) is 26.5. The molecule has 1 rings (SSSR count). The average Bonchev–Trinajstić information content (AvgIpc) is 2.38. The smallest absolute Gasteiger partial charge is 0.294 e. The van der Waals surface area contributed by atoms with Crippen LogP contribution in [0.1, 0.15) is 6.42 Å². The fraction of sp³-hybridized carbons (Fsp3) is 0.833. The lowest BCUT2D eigenvalue weighted by Gasteiger charge is -2.17. The van der Waals surface area contributed by atoms with Crippen molar-refractivity contribution in [2.75, 3.05) is 13.2 Å². The molecule has 2 unspecified atom stereocenters. The van der Waals surface area contributed by atoms with Crippen LogP contribution in [0.25, 0.3) is 0 Å². The van der Waals surface area contributed by atoms with E-state index in [0.717, 1.165) is 0 Å². The lowest BCUT2D eigenvalue weighted by Crippen LogP contribution is -2.37. The minimum atomic E-state index is -0.867. The van der Waals surface area contributed by atoms with Gasteiger partial charge in [0.15, 0.2) is 9.57 Å². The third kappa shape index (κ3) is 2.43. The monoisotopic (exact) mass is 329 g/mol. The maximum atomic E-state index is 10.6. The van der Waals surface area contributed by atoms with Crippen LogP contribution >= 0.6 is 31.9 Å². The van der Waals surface area contributed by atoms with E-state index in [-0.39, 0.29) is 6.61 Å². The summed E-state index contributed by atoms with van der Waals surface area (Å²) in [4.78, 5) is 9.79. The molecule has 8 heteroatoms. The molecule has 0 saturated carbocycles. The largest absolute Gasteiger partial charge is 0.396 e. The molecule has 0 aromatic rings. The molecule has 1 aliphatic heterocycles. The molecular formula is C6H9Br2N3O3. The van der Waals surface area contributed by atoms with Crippen molar-refractivity contribution in [1.29, 1.82) is 0 Å². The molecule has 0 radical (unpaired) electrons. The highest BCUT2D eigenvalue weighted by molar-refractivity contribution is 9.18. The van der Waals surface area contributed by atoms with Gasteiger partial charge in [-0.3, -0.25) is 15.1 Å². The van der Waals surface area contributed by atoms with Crippen molar-refractivity contribution >= 4 is 36.5 Å². The van der Waals surface area contributed by atoms with E-state index in [4.69, 9.17) is 5.11 Å². The van der Waals surface area contributed by atoms with Gasteiger partial charge in [-0.25, -0.2) is 0 Å². The van der Waals surface area contributed by atoms with Gasteiger partial charge in [0.1, 0.15) is 0 Å². The molecule has 0 aromatic heterocycles. The second-order valence-corrected chi connectivity index (χ2v) is 4.52. The van der Waals surface area contributed by atoms with E-state index in [9.17, 15) is 10.1 Å². The fourth-order valence-electron chi connectivity index (χ4n) is 1.11. The van der Waals surface area contributed by atoms with Crippen LogP contribution in [-0.2, 0) is 0 Å². The van der Waals surface area contributed by atoms with Gasteiger partial charge in [0.25, 0.3) is 6.04 Å². The molecule has 1 heterocycles. The summed E-state index contributed by atoms with van der Waals surface area (Å²) < 4.78 is 0.308. The average molecular weight is 331 g/mol. The summed E-state index contributed by atoms with van der Waals surface area (Å²) in [5, 5.41) is 24.8. The molecule has 80 valence electrons. The first-order chi connectivity index (χ1) is 6.57. The fourth-order valence-corrected chi connectivity index (χ4v) is 2.82. The van der Waals surface area contributed by atoms with Crippen LogP contribution in [-0.4, -0.2) is 43.8 Å². The number of hydrazone groups is 1. The van der Waals surface area contributed by atoms with E-state index < -0.39 is 15.9 Å². The summed E-state index contributed by atoms with van der Waals surface area (Å²) in [6.45, 7) is 0.540. The van der Waals surface area contributed by atoms with Crippen molar-refractivity contribution in [2.45, 2.75) is 17.4 Å². The van der Waals surface area contributed by atoms with Crippen molar-refractivity contribution < 1.29 is 10.0 Å². The Morgan fingerprint density at radius 2 is 2.36 bits per heavy atom. The van der Waals surface area contributed by atoms with Crippen molar-refractivity contribution in [3.63, 3.8) is 0 Å².